The minimum Gasteiger partial charge on any atom is -0.307 e. The Morgan fingerprint density at radius 2 is 1.80 bits per heavy atom. The molecule has 0 N–H and O–H groups in total. The van der Waals surface area contributed by atoms with Gasteiger partial charge in [-0.05, 0) is 42.9 Å². The van der Waals surface area contributed by atoms with Gasteiger partial charge in [0.1, 0.15) is 0 Å². The number of aliphatic imine (C=N–C) groups is 1. The van der Waals surface area contributed by atoms with E-state index in [2.05, 4.69) is 56.4 Å². The Kier molecular flexibility index (Phi) is 6.00. The highest BCUT2D eigenvalue weighted by Gasteiger charge is 2.10. The van der Waals surface area contributed by atoms with Crippen LogP contribution in [0.4, 0.5) is 5.95 Å². The molecule has 130 valence electrons. The van der Waals surface area contributed by atoms with Crippen molar-refractivity contribution < 1.29 is 0 Å². The highest BCUT2D eigenvalue weighted by Crippen LogP contribution is 2.22. The van der Waals surface area contributed by atoms with E-state index in [0.717, 1.165) is 53.2 Å². The number of likely N-dealkylation sites (N-methyl/N-ethyl adjacent to an activating group) is 1. The van der Waals surface area contributed by atoms with Crippen LogP contribution in [-0.2, 0) is 6.54 Å². The Hall–Kier alpha value is -1.98. The molecular formula is C20H23BrN4. The van der Waals surface area contributed by atoms with Crippen LogP contribution in [0.15, 0.2) is 58.0 Å². The number of aromatic nitrogens is 2. The van der Waals surface area contributed by atoms with Gasteiger partial charge in [0, 0.05) is 23.8 Å². The number of hydrogen-bond acceptors (Lipinski definition) is 3. The fourth-order valence-electron chi connectivity index (χ4n) is 2.84. The van der Waals surface area contributed by atoms with E-state index in [9.17, 15) is 0 Å². The van der Waals surface area contributed by atoms with Crippen LogP contribution in [-0.4, -0.2) is 40.3 Å². The SMILES string of the molecule is CCN(CC)CCn1c(/N=C/c2ccc(Br)cc2)nc2ccccc21. The molecule has 25 heavy (non-hydrogen) atoms. The first-order valence-electron chi connectivity index (χ1n) is 8.68. The van der Waals surface area contributed by atoms with Gasteiger partial charge in [-0.2, -0.15) is 0 Å². The third-order valence-corrected chi connectivity index (χ3v) is 4.90. The second-order valence-electron chi connectivity index (χ2n) is 5.89. The van der Waals surface area contributed by atoms with E-state index in [-0.39, 0.29) is 0 Å². The quantitative estimate of drug-likeness (QED) is 0.530. The largest absolute Gasteiger partial charge is 0.307 e. The number of rotatable bonds is 7. The molecule has 0 aliphatic rings. The minimum absolute atomic E-state index is 0.760. The number of fused-ring (bicyclic) bond motifs is 1. The van der Waals surface area contributed by atoms with E-state index in [1.54, 1.807) is 0 Å². The highest BCUT2D eigenvalue weighted by molar-refractivity contribution is 9.10. The van der Waals surface area contributed by atoms with Gasteiger partial charge in [0.15, 0.2) is 0 Å². The first-order chi connectivity index (χ1) is 12.2. The lowest BCUT2D eigenvalue weighted by atomic mass is 10.2. The van der Waals surface area contributed by atoms with E-state index in [4.69, 9.17) is 4.98 Å². The Morgan fingerprint density at radius 3 is 2.52 bits per heavy atom. The fraction of sp³-hybridized carbons (Fsp3) is 0.300. The van der Waals surface area contributed by atoms with Crippen LogP contribution < -0.4 is 0 Å². The van der Waals surface area contributed by atoms with Crippen LogP contribution in [0.25, 0.3) is 11.0 Å². The molecular weight excluding hydrogens is 376 g/mol. The average Bonchev–Trinajstić information content (AvgIpc) is 3.00. The highest BCUT2D eigenvalue weighted by atomic mass is 79.9. The lowest BCUT2D eigenvalue weighted by Gasteiger charge is -2.18. The number of hydrogen-bond donors (Lipinski definition) is 0. The lowest BCUT2D eigenvalue weighted by Crippen LogP contribution is -2.26. The summed E-state index contributed by atoms with van der Waals surface area (Å²) in [6.45, 7) is 8.38. The van der Waals surface area contributed by atoms with Gasteiger partial charge in [-0.15, -0.1) is 0 Å². The number of benzene rings is 2. The zero-order chi connectivity index (χ0) is 17.6. The van der Waals surface area contributed by atoms with Crippen molar-refractivity contribution in [2.24, 2.45) is 4.99 Å². The summed E-state index contributed by atoms with van der Waals surface area (Å²) in [6.07, 6.45) is 1.88. The Bertz CT molecular complexity index is 848. The smallest absolute Gasteiger partial charge is 0.230 e. The van der Waals surface area contributed by atoms with Crippen molar-refractivity contribution in [2.45, 2.75) is 20.4 Å². The molecule has 0 bridgehead atoms. The second kappa shape index (κ2) is 8.41. The van der Waals surface area contributed by atoms with Crippen molar-refractivity contribution in [1.29, 1.82) is 0 Å². The Balaban J connectivity index is 1.90. The van der Waals surface area contributed by atoms with Crippen LogP contribution in [0.2, 0.25) is 0 Å². The molecule has 0 aliphatic heterocycles. The summed E-state index contributed by atoms with van der Waals surface area (Å²) >= 11 is 3.46. The third-order valence-electron chi connectivity index (χ3n) is 4.37. The van der Waals surface area contributed by atoms with E-state index >= 15 is 0 Å². The predicted octanol–water partition coefficient (Wildman–Crippen LogP) is 4.89. The molecule has 1 heterocycles. The van der Waals surface area contributed by atoms with Crippen molar-refractivity contribution >= 4 is 39.1 Å². The van der Waals surface area contributed by atoms with Crippen LogP contribution in [0.5, 0.6) is 0 Å². The molecule has 0 unspecified atom stereocenters. The van der Waals surface area contributed by atoms with Crippen LogP contribution in [0.3, 0.4) is 0 Å². The Morgan fingerprint density at radius 1 is 1.08 bits per heavy atom. The maximum absolute atomic E-state index is 4.71. The topological polar surface area (TPSA) is 33.4 Å². The van der Waals surface area contributed by atoms with E-state index in [1.807, 2.05) is 42.6 Å². The number of nitrogens with zero attached hydrogens (tertiary/aromatic N) is 4. The summed E-state index contributed by atoms with van der Waals surface area (Å²) in [5, 5.41) is 0. The second-order valence-corrected chi connectivity index (χ2v) is 6.80. The molecule has 0 saturated heterocycles. The summed E-state index contributed by atoms with van der Waals surface area (Å²) in [7, 11) is 0. The molecule has 4 nitrogen and oxygen atoms in total. The molecule has 1 aromatic heterocycles. The monoisotopic (exact) mass is 398 g/mol. The van der Waals surface area contributed by atoms with Crippen LogP contribution in [0, 0.1) is 0 Å². The molecule has 2 aromatic carbocycles. The van der Waals surface area contributed by atoms with Crippen LogP contribution in [0.1, 0.15) is 19.4 Å². The molecule has 0 aliphatic carbocycles. The fourth-order valence-corrected chi connectivity index (χ4v) is 3.11. The first-order valence-corrected chi connectivity index (χ1v) is 9.47. The van der Waals surface area contributed by atoms with Crippen molar-refractivity contribution in [3.05, 3.63) is 58.6 Å². The molecule has 0 spiro atoms. The van der Waals surface area contributed by atoms with Crippen molar-refractivity contribution in [1.82, 2.24) is 14.5 Å². The van der Waals surface area contributed by atoms with Gasteiger partial charge in [0.2, 0.25) is 5.95 Å². The predicted molar refractivity (Wildman–Crippen MR) is 109 cm³/mol. The van der Waals surface area contributed by atoms with E-state index in [0.29, 0.717) is 0 Å². The Labute approximate surface area is 157 Å². The standard InChI is InChI=1S/C20H23BrN4/c1-3-24(4-2)13-14-25-19-8-6-5-7-18(19)23-20(25)22-15-16-9-11-17(21)12-10-16/h5-12,15H,3-4,13-14H2,1-2H3/b22-15+. The molecule has 3 rings (SSSR count). The summed E-state index contributed by atoms with van der Waals surface area (Å²) in [5.74, 6) is 0.760. The lowest BCUT2D eigenvalue weighted by molar-refractivity contribution is 0.292. The maximum atomic E-state index is 4.71. The van der Waals surface area contributed by atoms with Crippen molar-refractivity contribution in [3.63, 3.8) is 0 Å². The van der Waals surface area contributed by atoms with Gasteiger partial charge in [-0.25, -0.2) is 9.98 Å². The number of imidazole rings is 1. The normalized spacial score (nSPS) is 11.8. The molecule has 3 aromatic rings. The van der Waals surface area contributed by atoms with Crippen molar-refractivity contribution in [2.75, 3.05) is 19.6 Å². The molecule has 0 saturated carbocycles. The van der Waals surface area contributed by atoms with Gasteiger partial charge < -0.3 is 9.47 Å². The van der Waals surface area contributed by atoms with Crippen molar-refractivity contribution in [3.8, 4) is 0 Å². The number of halogens is 1. The molecule has 5 heteroatoms. The molecule has 0 atom stereocenters. The van der Waals surface area contributed by atoms with Gasteiger partial charge in [-0.1, -0.05) is 54.0 Å². The van der Waals surface area contributed by atoms with Gasteiger partial charge in [0.25, 0.3) is 0 Å². The van der Waals surface area contributed by atoms with Gasteiger partial charge in [-0.3, -0.25) is 0 Å². The zero-order valence-corrected chi connectivity index (χ0v) is 16.3. The summed E-state index contributed by atoms with van der Waals surface area (Å²) in [5.41, 5.74) is 3.19. The van der Waals surface area contributed by atoms with Crippen LogP contribution >= 0.6 is 15.9 Å². The molecule has 0 fully saturated rings. The third kappa shape index (κ3) is 4.35. The number of para-hydroxylation sites is 2. The summed E-state index contributed by atoms with van der Waals surface area (Å²) in [4.78, 5) is 11.8. The van der Waals surface area contributed by atoms with E-state index < -0.39 is 0 Å². The van der Waals surface area contributed by atoms with Gasteiger partial charge >= 0.3 is 0 Å². The maximum Gasteiger partial charge on any atom is 0.230 e. The minimum atomic E-state index is 0.760. The van der Waals surface area contributed by atoms with E-state index in [1.165, 1.54) is 0 Å². The van der Waals surface area contributed by atoms with Gasteiger partial charge in [0.05, 0.1) is 11.0 Å². The first kappa shape index (κ1) is 17.8. The average molecular weight is 399 g/mol. The molecule has 0 radical (unpaired) electrons. The zero-order valence-electron chi connectivity index (χ0n) is 14.7. The summed E-state index contributed by atoms with van der Waals surface area (Å²) < 4.78 is 3.28. The summed E-state index contributed by atoms with van der Waals surface area (Å²) in [6, 6.07) is 16.3. The molecule has 0 amide bonds.